The van der Waals surface area contributed by atoms with Crippen LogP contribution in [0.25, 0.3) is 0 Å². The monoisotopic (exact) mass is 383 g/mol. The molecule has 1 aliphatic rings. The Morgan fingerprint density at radius 2 is 1.68 bits per heavy atom. The first-order valence-corrected chi connectivity index (χ1v) is 9.34. The van der Waals surface area contributed by atoms with Gasteiger partial charge in [0.2, 0.25) is 0 Å². The van der Waals surface area contributed by atoms with E-state index in [-0.39, 0.29) is 17.6 Å². The Morgan fingerprint density at radius 1 is 1.00 bits per heavy atom. The van der Waals surface area contributed by atoms with Crippen molar-refractivity contribution < 1.29 is 19.4 Å². The number of carbonyl (C=O) groups is 2. The van der Waals surface area contributed by atoms with Gasteiger partial charge in [-0.25, -0.2) is 9.59 Å². The Balaban J connectivity index is 1.53. The molecule has 148 valence electrons. The highest BCUT2D eigenvalue weighted by atomic mass is 16.5. The van der Waals surface area contributed by atoms with Crippen LogP contribution in [0.2, 0.25) is 0 Å². The molecule has 7 nitrogen and oxygen atoms in total. The Morgan fingerprint density at radius 3 is 2.32 bits per heavy atom. The van der Waals surface area contributed by atoms with Crippen LogP contribution in [0.5, 0.6) is 0 Å². The van der Waals surface area contributed by atoms with Gasteiger partial charge in [-0.1, -0.05) is 42.5 Å². The first kappa shape index (κ1) is 19.9. The summed E-state index contributed by atoms with van der Waals surface area (Å²) in [5.41, 5.74) is 2.23. The molecular formula is C21H25N3O4. The number of hydrogen-bond acceptors (Lipinski definition) is 4. The molecule has 1 saturated heterocycles. The number of carbonyl (C=O) groups excluding carboxylic acids is 1. The third-order valence-corrected chi connectivity index (χ3v) is 4.78. The van der Waals surface area contributed by atoms with Crippen LogP contribution in [-0.4, -0.2) is 54.9 Å². The van der Waals surface area contributed by atoms with Crippen LogP contribution >= 0.6 is 0 Å². The van der Waals surface area contributed by atoms with Crippen molar-refractivity contribution in [3.05, 3.63) is 71.3 Å². The van der Waals surface area contributed by atoms with Crippen LogP contribution < -0.4 is 10.6 Å². The van der Waals surface area contributed by atoms with Crippen molar-refractivity contribution in [3.63, 3.8) is 0 Å². The summed E-state index contributed by atoms with van der Waals surface area (Å²) in [4.78, 5) is 25.5. The maximum atomic E-state index is 12.3. The second-order valence-electron chi connectivity index (χ2n) is 6.64. The normalized spacial score (nSPS) is 15.6. The average molecular weight is 383 g/mol. The molecule has 2 aromatic rings. The summed E-state index contributed by atoms with van der Waals surface area (Å²) in [6, 6.07) is 16.4. The first-order valence-electron chi connectivity index (χ1n) is 9.34. The molecule has 3 rings (SSSR count). The van der Waals surface area contributed by atoms with E-state index in [2.05, 4.69) is 27.7 Å². The fourth-order valence-electron chi connectivity index (χ4n) is 3.22. The molecule has 3 N–H and O–H groups in total. The van der Waals surface area contributed by atoms with E-state index >= 15 is 0 Å². The highest BCUT2D eigenvalue weighted by Gasteiger charge is 2.23. The van der Waals surface area contributed by atoms with E-state index in [9.17, 15) is 9.59 Å². The van der Waals surface area contributed by atoms with Crippen molar-refractivity contribution in [1.29, 1.82) is 0 Å². The van der Waals surface area contributed by atoms with Crippen LogP contribution in [-0.2, 0) is 11.3 Å². The number of nitrogens with zero attached hydrogens (tertiary/aromatic N) is 1. The van der Waals surface area contributed by atoms with E-state index < -0.39 is 5.97 Å². The molecule has 1 aliphatic heterocycles. The van der Waals surface area contributed by atoms with Gasteiger partial charge in [-0.2, -0.15) is 0 Å². The lowest BCUT2D eigenvalue weighted by molar-refractivity contribution is 0.0167. The van der Waals surface area contributed by atoms with Crippen molar-refractivity contribution >= 4 is 12.0 Å². The van der Waals surface area contributed by atoms with Gasteiger partial charge in [0, 0.05) is 26.2 Å². The lowest BCUT2D eigenvalue weighted by Crippen LogP contribution is -2.45. The largest absolute Gasteiger partial charge is 0.478 e. The summed E-state index contributed by atoms with van der Waals surface area (Å²) in [5, 5.41) is 14.7. The third-order valence-electron chi connectivity index (χ3n) is 4.78. The van der Waals surface area contributed by atoms with E-state index in [0.29, 0.717) is 26.3 Å². The molecular weight excluding hydrogens is 358 g/mol. The molecule has 0 spiro atoms. The highest BCUT2D eigenvalue weighted by molar-refractivity contribution is 5.87. The Bertz CT molecular complexity index is 774. The fourth-order valence-corrected chi connectivity index (χ4v) is 3.22. The van der Waals surface area contributed by atoms with Crippen LogP contribution in [0.4, 0.5) is 4.79 Å². The topological polar surface area (TPSA) is 90.9 Å². The minimum Gasteiger partial charge on any atom is -0.478 e. The second kappa shape index (κ2) is 9.87. The Labute approximate surface area is 164 Å². The minimum atomic E-state index is -0.965. The molecule has 0 saturated carbocycles. The summed E-state index contributed by atoms with van der Waals surface area (Å²) < 4.78 is 5.44. The molecule has 0 aliphatic carbocycles. The van der Waals surface area contributed by atoms with Crippen LogP contribution in [0.15, 0.2) is 54.6 Å². The maximum absolute atomic E-state index is 12.3. The molecule has 2 aromatic carbocycles. The predicted octanol–water partition coefficient (Wildman–Crippen LogP) is 2.26. The fraction of sp³-hybridized carbons (Fsp3) is 0.333. The average Bonchev–Trinajstić information content (AvgIpc) is 2.74. The van der Waals surface area contributed by atoms with E-state index in [0.717, 1.165) is 24.2 Å². The molecule has 7 heteroatoms. The van der Waals surface area contributed by atoms with Crippen molar-refractivity contribution in [1.82, 2.24) is 15.5 Å². The van der Waals surface area contributed by atoms with Crippen LogP contribution in [0.1, 0.15) is 27.5 Å². The number of rotatable bonds is 7. The van der Waals surface area contributed by atoms with Crippen LogP contribution in [0.3, 0.4) is 0 Å². The number of nitrogens with one attached hydrogen (secondary N) is 2. The van der Waals surface area contributed by atoms with Gasteiger partial charge in [0.15, 0.2) is 0 Å². The molecule has 1 atom stereocenters. The number of morpholine rings is 1. The molecule has 1 fully saturated rings. The summed E-state index contributed by atoms with van der Waals surface area (Å²) in [6.45, 7) is 3.88. The van der Waals surface area contributed by atoms with Gasteiger partial charge in [-0.15, -0.1) is 0 Å². The smallest absolute Gasteiger partial charge is 0.335 e. The number of amides is 2. The van der Waals surface area contributed by atoms with Crippen molar-refractivity contribution in [2.24, 2.45) is 0 Å². The maximum Gasteiger partial charge on any atom is 0.335 e. The number of benzene rings is 2. The zero-order valence-electron chi connectivity index (χ0n) is 15.6. The SMILES string of the molecule is O=C(NCc1ccc(C(=O)O)cc1)NCC(c1ccccc1)N1CCOCC1. The number of carboxylic acid groups (broad SMARTS) is 1. The summed E-state index contributed by atoms with van der Waals surface area (Å²) in [6.07, 6.45) is 0. The molecule has 1 heterocycles. The molecule has 28 heavy (non-hydrogen) atoms. The standard InChI is InChI=1S/C21H25N3O4/c25-20(26)18-8-6-16(7-9-18)14-22-21(27)23-15-19(17-4-2-1-3-5-17)24-10-12-28-13-11-24/h1-9,19H,10-15H2,(H,25,26)(H2,22,23,27). The Kier molecular flexibility index (Phi) is 7.00. The van der Waals surface area contributed by atoms with Crippen LogP contribution in [0, 0.1) is 0 Å². The molecule has 1 unspecified atom stereocenters. The zero-order chi connectivity index (χ0) is 19.8. The van der Waals surface area contributed by atoms with Gasteiger partial charge in [-0.05, 0) is 23.3 Å². The van der Waals surface area contributed by atoms with Gasteiger partial charge in [-0.3, -0.25) is 4.90 Å². The number of carboxylic acids is 1. The second-order valence-corrected chi connectivity index (χ2v) is 6.64. The van der Waals surface area contributed by atoms with E-state index in [1.54, 1.807) is 12.1 Å². The van der Waals surface area contributed by atoms with Gasteiger partial charge < -0.3 is 20.5 Å². The number of hydrogen-bond donors (Lipinski definition) is 3. The number of aromatic carboxylic acids is 1. The minimum absolute atomic E-state index is 0.0886. The van der Waals surface area contributed by atoms with E-state index in [4.69, 9.17) is 9.84 Å². The predicted molar refractivity (Wildman–Crippen MR) is 105 cm³/mol. The van der Waals surface area contributed by atoms with Crippen molar-refractivity contribution in [3.8, 4) is 0 Å². The lowest BCUT2D eigenvalue weighted by atomic mass is 10.0. The summed E-state index contributed by atoms with van der Waals surface area (Å²) >= 11 is 0. The zero-order valence-corrected chi connectivity index (χ0v) is 15.6. The van der Waals surface area contributed by atoms with E-state index in [1.165, 1.54) is 12.1 Å². The van der Waals surface area contributed by atoms with E-state index in [1.807, 2.05) is 18.2 Å². The highest BCUT2D eigenvalue weighted by Crippen LogP contribution is 2.21. The summed E-state index contributed by atoms with van der Waals surface area (Å²) in [7, 11) is 0. The number of ether oxygens (including phenoxy) is 1. The quantitative estimate of drug-likeness (QED) is 0.682. The lowest BCUT2D eigenvalue weighted by Gasteiger charge is -2.34. The van der Waals surface area contributed by atoms with Crippen molar-refractivity contribution in [2.75, 3.05) is 32.8 Å². The van der Waals surface area contributed by atoms with Gasteiger partial charge in [0.1, 0.15) is 0 Å². The van der Waals surface area contributed by atoms with Gasteiger partial charge in [0.25, 0.3) is 0 Å². The Hall–Kier alpha value is -2.90. The molecule has 0 bridgehead atoms. The van der Waals surface area contributed by atoms with Gasteiger partial charge >= 0.3 is 12.0 Å². The first-order chi connectivity index (χ1) is 13.6. The van der Waals surface area contributed by atoms with Crippen molar-refractivity contribution in [2.45, 2.75) is 12.6 Å². The molecule has 0 aromatic heterocycles. The third kappa shape index (κ3) is 5.55. The molecule has 2 amide bonds. The summed E-state index contributed by atoms with van der Waals surface area (Å²) in [5.74, 6) is -0.965. The number of urea groups is 1. The van der Waals surface area contributed by atoms with Gasteiger partial charge in [0.05, 0.1) is 24.8 Å². The molecule has 0 radical (unpaired) electrons.